The number of rotatable bonds is 4. The maximum Gasteiger partial charge on any atom is 0.263 e. The van der Waals surface area contributed by atoms with Crippen LogP contribution in [0.15, 0.2) is 51.8 Å². The minimum atomic E-state index is -3.65. The molecule has 0 amide bonds. The zero-order valence-corrected chi connectivity index (χ0v) is 13.3. The third-order valence-corrected chi connectivity index (χ3v) is 5.27. The number of aryl methyl sites for hydroxylation is 1. The Bertz CT molecular complexity index is 730. The van der Waals surface area contributed by atoms with Crippen molar-refractivity contribution in [1.29, 1.82) is 0 Å². The summed E-state index contributed by atoms with van der Waals surface area (Å²) in [6.07, 6.45) is 0. The average Bonchev–Trinajstić information content (AvgIpc) is 2.41. The van der Waals surface area contributed by atoms with E-state index in [1.807, 2.05) is 19.1 Å². The summed E-state index contributed by atoms with van der Waals surface area (Å²) in [7, 11) is -3.65. The van der Waals surface area contributed by atoms with Crippen molar-refractivity contribution >= 4 is 31.6 Å². The minimum absolute atomic E-state index is 0.184. The summed E-state index contributed by atoms with van der Waals surface area (Å²) in [4.78, 5) is 0.184. The van der Waals surface area contributed by atoms with E-state index in [0.29, 0.717) is 16.7 Å². The summed E-state index contributed by atoms with van der Waals surface area (Å²) in [5.41, 5.74) is 7.75. The molecule has 0 saturated carbocycles. The van der Waals surface area contributed by atoms with Crippen LogP contribution in [-0.2, 0) is 16.6 Å². The number of hydrogen-bond donors (Lipinski definition) is 2. The van der Waals surface area contributed by atoms with Gasteiger partial charge in [0.15, 0.2) is 0 Å². The van der Waals surface area contributed by atoms with Crippen LogP contribution in [0.3, 0.4) is 0 Å². The Kier molecular flexibility index (Phi) is 4.47. The zero-order chi connectivity index (χ0) is 14.8. The van der Waals surface area contributed by atoms with E-state index in [0.717, 1.165) is 11.1 Å². The zero-order valence-electron chi connectivity index (χ0n) is 10.9. The highest BCUT2D eigenvalue weighted by molar-refractivity contribution is 9.10. The standard InChI is InChI=1S/C14H15BrN2O2S/c1-10-4-2-3-5-13(10)17-20(18,19)14-8-11(9-16)6-7-12(14)15/h2-8,17H,9,16H2,1H3. The molecule has 0 bridgehead atoms. The minimum Gasteiger partial charge on any atom is -0.326 e. The van der Waals surface area contributed by atoms with E-state index < -0.39 is 10.0 Å². The predicted octanol–water partition coefficient (Wildman–Crippen LogP) is 3.02. The van der Waals surface area contributed by atoms with Crippen molar-refractivity contribution < 1.29 is 8.42 Å². The molecule has 2 aromatic rings. The molecule has 20 heavy (non-hydrogen) atoms. The SMILES string of the molecule is Cc1ccccc1NS(=O)(=O)c1cc(CN)ccc1Br. The normalized spacial score (nSPS) is 11.3. The van der Waals surface area contributed by atoms with Gasteiger partial charge in [-0.25, -0.2) is 8.42 Å². The monoisotopic (exact) mass is 354 g/mol. The molecule has 0 heterocycles. The first kappa shape index (κ1) is 15.0. The second-order valence-corrected chi connectivity index (χ2v) is 6.89. The fraction of sp³-hybridized carbons (Fsp3) is 0.143. The molecule has 0 aliphatic rings. The molecule has 4 nitrogen and oxygen atoms in total. The van der Waals surface area contributed by atoms with Crippen LogP contribution in [0.2, 0.25) is 0 Å². The Hall–Kier alpha value is -1.37. The van der Waals surface area contributed by atoms with Crippen LogP contribution in [0.5, 0.6) is 0 Å². The number of para-hydroxylation sites is 1. The third-order valence-electron chi connectivity index (χ3n) is 2.91. The van der Waals surface area contributed by atoms with Crippen LogP contribution < -0.4 is 10.5 Å². The molecule has 0 radical (unpaired) electrons. The van der Waals surface area contributed by atoms with E-state index in [9.17, 15) is 8.42 Å². The summed E-state index contributed by atoms with van der Waals surface area (Å²) < 4.78 is 28.0. The highest BCUT2D eigenvalue weighted by atomic mass is 79.9. The number of nitrogens with one attached hydrogen (secondary N) is 1. The van der Waals surface area contributed by atoms with Crippen LogP contribution in [0, 0.1) is 6.92 Å². The van der Waals surface area contributed by atoms with Gasteiger partial charge in [0.05, 0.1) is 5.69 Å². The predicted molar refractivity (Wildman–Crippen MR) is 84.0 cm³/mol. The molecule has 0 fully saturated rings. The average molecular weight is 355 g/mol. The highest BCUT2D eigenvalue weighted by Gasteiger charge is 2.18. The van der Waals surface area contributed by atoms with Gasteiger partial charge in [-0.3, -0.25) is 4.72 Å². The molecule has 0 saturated heterocycles. The van der Waals surface area contributed by atoms with E-state index in [2.05, 4.69) is 20.7 Å². The first-order valence-corrected chi connectivity index (χ1v) is 8.28. The van der Waals surface area contributed by atoms with Crippen molar-refractivity contribution in [2.24, 2.45) is 5.73 Å². The second-order valence-electron chi connectivity index (χ2n) is 4.39. The van der Waals surface area contributed by atoms with Gasteiger partial charge in [-0.05, 0) is 52.2 Å². The Morgan fingerprint density at radius 2 is 1.90 bits per heavy atom. The van der Waals surface area contributed by atoms with Crippen LogP contribution in [0.4, 0.5) is 5.69 Å². The number of nitrogens with two attached hydrogens (primary N) is 1. The highest BCUT2D eigenvalue weighted by Crippen LogP contribution is 2.26. The van der Waals surface area contributed by atoms with E-state index in [4.69, 9.17) is 5.73 Å². The summed E-state index contributed by atoms with van der Waals surface area (Å²) in [6.45, 7) is 2.14. The van der Waals surface area contributed by atoms with Crippen molar-refractivity contribution in [2.45, 2.75) is 18.4 Å². The number of sulfonamides is 1. The van der Waals surface area contributed by atoms with Gasteiger partial charge in [-0.2, -0.15) is 0 Å². The maximum atomic E-state index is 12.5. The molecule has 0 unspecified atom stereocenters. The summed E-state index contributed by atoms with van der Waals surface area (Å²) in [5.74, 6) is 0. The van der Waals surface area contributed by atoms with Crippen LogP contribution in [0.1, 0.15) is 11.1 Å². The molecule has 2 aromatic carbocycles. The lowest BCUT2D eigenvalue weighted by atomic mass is 10.2. The van der Waals surface area contributed by atoms with Gasteiger partial charge in [0.2, 0.25) is 0 Å². The van der Waals surface area contributed by atoms with Crippen molar-refractivity contribution in [1.82, 2.24) is 0 Å². The summed E-state index contributed by atoms with van der Waals surface area (Å²) >= 11 is 3.27. The molecule has 2 rings (SSSR count). The molecule has 0 aromatic heterocycles. The largest absolute Gasteiger partial charge is 0.326 e. The number of anilines is 1. The number of halogens is 1. The number of hydrogen-bond acceptors (Lipinski definition) is 3. The van der Waals surface area contributed by atoms with Crippen molar-refractivity contribution in [3.63, 3.8) is 0 Å². The fourth-order valence-corrected chi connectivity index (χ4v) is 3.91. The summed E-state index contributed by atoms with van der Waals surface area (Å²) in [6, 6.07) is 12.3. The quantitative estimate of drug-likeness (QED) is 0.886. The molecular formula is C14H15BrN2O2S. The van der Waals surface area contributed by atoms with E-state index in [1.54, 1.807) is 30.3 Å². The van der Waals surface area contributed by atoms with Gasteiger partial charge in [0.1, 0.15) is 4.90 Å². The van der Waals surface area contributed by atoms with Gasteiger partial charge in [0.25, 0.3) is 10.0 Å². The second kappa shape index (κ2) is 5.95. The molecule has 0 aliphatic heterocycles. The molecule has 6 heteroatoms. The van der Waals surface area contributed by atoms with Crippen LogP contribution >= 0.6 is 15.9 Å². The molecule has 0 spiro atoms. The Balaban J connectivity index is 2.43. The molecule has 106 valence electrons. The summed E-state index contributed by atoms with van der Waals surface area (Å²) in [5, 5.41) is 0. The van der Waals surface area contributed by atoms with Gasteiger partial charge >= 0.3 is 0 Å². The maximum absolute atomic E-state index is 12.5. The Morgan fingerprint density at radius 1 is 1.20 bits per heavy atom. The third kappa shape index (κ3) is 3.20. The van der Waals surface area contributed by atoms with Gasteiger partial charge < -0.3 is 5.73 Å². The molecule has 0 aliphatic carbocycles. The molecular weight excluding hydrogens is 340 g/mol. The van der Waals surface area contributed by atoms with Crippen molar-refractivity contribution in [3.8, 4) is 0 Å². The lowest BCUT2D eigenvalue weighted by Crippen LogP contribution is -2.15. The van der Waals surface area contributed by atoms with Gasteiger partial charge in [-0.15, -0.1) is 0 Å². The molecule has 3 N–H and O–H groups in total. The first-order chi connectivity index (χ1) is 9.44. The van der Waals surface area contributed by atoms with Crippen LogP contribution in [0.25, 0.3) is 0 Å². The Labute approximate surface area is 127 Å². The van der Waals surface area contributed by atoms with Gasteiger partial charge in [0, 0.05) is 11.0 Å². The lowest BCUT2D eigenvalue weighted by Gasteiger charge is -2.12. The Morgan fingerprint density at radius 3 is 2.55 bits per heavy atom. The van der Waals surface area contributed by atoms with Crippen LogP contribution in [-0.4, -0.2) is 8.42 Å². The molecule has 0 atom stereocenters. The van der Waals surface area contributed by atoms with Gasteiger partial charge in [-0.1, -0.05) is 24.3 Å². The smallest absolute Gasteiger partial charge is 0.263 e. The fourth-order valence-electron chi connectivity index (χ4n) is 1.77. The lowest BCUT2D eigenvalue weighted by molar-refractivity contribution is 0.600. The number of benzene rings is 2. The van der Waals surface area contributed by atoms with E-state index in [-0.39, 0.29) is 4.90 Å². The first-order valence-electron chi connectivity index (χ1n) is 6.01. The topological polar surface area (TPSA) is 72.2 Å². The van der Waals surface area contributed by atoms with Crippen molar-refractivity contribution in [2.75, 3.05) is 4.72 Å². The van der Waals surface area contributed by atoms with Crippen molar-refractivity contribution in [3.05, 3.63) is 58.1 Å². The van der Waals surface area contributed by atoms with E-state index >= 15 is 0 Å². The van der Waals surface area contributed by atoms with E-state index in [1.165, 1.54) is 0 Å².